The van der Waals surface area contributed by atoms with Crippen molar-refractivity contribution in [1.29, 1.82) is 0 Å². The Morgan fingerprint density at radius 2 is 2.23 bits per heavy atom. The molecule has 0 spiro atoms. The Morgan fingerprint density at radius 1 is 1.46 bits per heavy atom. The summed E-state index contributed by atoms with van der Waals surface area (Å²) in [4.78, 5) is 0.268. The number of ether oxygens (including phenoxy) is 2. The normalized spacial score (nSPS) is 32.9. The van der Waals surface area contributed by atoms with Gasteiger partial charge < -0.3 is 9.47 Å². The van der Waals surface area contributed by atoms with Gasteiger partial charge in [-0.1, -0.05) is 22.0 Å². The lowest BCUT2D eigenvalue weighted by Gasteiger charge is -2.20. The summed E-state index contributed by atoms with van der Waals surface area (Å²) < 4.78 is 10.9. The van der Waals surface area contributed by atoms with Crippen molar-refractivity contribution in [2.75, 3.05) is 7.11 Å². The van der Waals surface area contributed by atoms with Crippen molar-refractivity contribution in [1.82, 2.24) is 0 Å². The van der Waals surface area contributed by atoms with Gasteiger partial charge in [0.15, 0.2) is 0 Å². The van der Waals surface area contributed by atoms with Crippen LogP contribution in [0.4, 0.5) is 0 Å². The van der Waals surface area contributed by atoms with E-state index in [9.17, 15) is 0 Å². The molecule has 72 valence electrons. The van der Waals surface area contributed by atoms with Gasteiger partial charge >= 0.3 is 0 Å². The van der Waals surface area contributed by atoms with E-state index in [1.807, 2.05) is 12.2 Å². The zero-order valence-corrected chi connectivity index (χ0v) is 9.16. The molecule has 0 aromatic heterocycles. The van der Waals surface area contributed by atoms with E-state index < -0.39 is 0 Å². The third-order valence-electron chi connectivity index (χ3n) is 2.19. The lowest BCUT2D eigenvalue weighted by atomic mass is 10.1. The third kappa shape index (κ3) is 2.35. The molecule has 0 N–H and O–H groups in total. The summed E-state index contributed by atoms with van der Waals surface area (Å²) in [6.07, 6.45) is 9.04. The lowest BCUT2D eigenvalue weighted by molar-refractivity contribution is 0.135. The van der Waals surface area contributed by atoms with Crippen LogP contribution in [-0.4, -0.2) is 24.1 Å². The van der Waals surface area contributed by atoms with Gasteiger partial charge in [-0.2, -0.15) is 0 Å². The molecule has 0 aromatic carbocycles. The van der Waals surface area contributed by atoms with Crippen molar-refractivity contribution in [3.63, 3.8) is 0 Å². The Morgan fingerprint density at radius 3 is 2.85 bits per heavy atom. The molecule has 13 heavy (non-hydrogen) atoms. The van der Waals surface area contributed by atoms with Crippen LogP contribution in [0.5, 0.6) is 0 Å². The number of alkyl halides is 1. The Bertz CT molecular complexity index is 243. The standard InChI is InChI=1S/C10H13BrO2/c1-12-10-6-8(4-5-9(10)11)13-7-2-3-7/h4-7,9-10H,2-3H2,1H3. The first-order valence-corrected chi connectivity index (χ1v) is 5.44. The molecule has 2 aliphatic rings. The lowest BCUT2D eigenvalue weighted by Crippen LogP contribution is -2.22. The maximum Gasteiger partial charge on any atom is 0.118 e. The van der Waals surface area contributed by atoms with E-state index in [0.29, 0.717) is 6.10 Å². The van der Waals surface area contributed by atoms with Crippen molar-refractivity contribution in [2.45, 2.75) is 29.9 Å². The Hall–Kier alpha value is -0.280. The average Bonchev–Trinajstić information content (AvgIpc) is 2.92. The van der Waals surface area contributed by atoms with Gasteiger partial charge in [0, 0.05) is 7.11 Å². The molecule has 2 rings (SSSR count). The van der Waals surface area contributed by atoms with Gasteiger partial charge in [-0.15, -0.1) is 0 Å². The fourth-order valence-corrected chi connectivity index (χ4v) is 1.78. The smallest absolute Gasteiger partial charge is 0.118 e. The van der Waals surface area contributed by atoms with Crippen molar-refractivity contribution in [3.8, 4) is 0 Å². The van der Waals surface area contributed by atoms with Crippen LogP contribution < -0.4 is 0 Å². The molecule has 3 heteroatoms. The Kier molecular flexibility index (Phi) is 2.74. The Balaban J connectivity index is 1.98. The van der Waals surface area contributed by atoms with Gasteiger partial charge in [-0.05, 0) is 25.0 Å². The van der Waals surface area contributed by atoms with Crippen LogP contribution in [0.1, 0.15) is 12.8 Å². The number of allylic oxidation sites excluding steroid dienone is 1. The molecule has 0 aliphatic heterocycles. The van der Waals surface area contributed by atoms with Crippen molar-refractivity contribution in [3.05, 3.63) is 24.0 Å². The summed E-state index contributed by atoms with van der Waals surface area (Å²) in [7, 11) is 1.71. The number of hydrogen-bond acceptors (Lipinski definition) is 2. The van der Waals surface area contributed by atoms with Gasteiger partial charge in [-0.25, -0.2) is 0 Å². The zero-order valence-electron chi connectivity index (χ0n) is 7.57. The molecule has 0 heterocycles. The van der Waals surface area contributed by atoms with E-state index in [1.54, 1.807) is 7.11 Å². The second-order valence-electron chi connectivity index (χ2n) is 3.39. The monoisotopic (exact) mass is 244 g/mol. The van der Waals surface area contributed by atoms with Crippen LogP contribution in [0.15, 0.2) is 24.0 Å². The van der Waals surface area contributed by atoms with Crippen LogP contribution >= 0.6 is 15.9 Å². The second-order valence-corrected chi connectivity index (χ2v) is 4.45. The van der Waals surface area contributed by atoms with Crippen molar-refractivity contribution >= 4 is 15.9 Å². The molecule has 1 saturated carbocycles. The molecule has 0 bridgehead atoms. The van der Waals surface area contributed by atoms with E-state index in [4.69, 9.17) is 9.47 Å². The van der Waals surface area contributed by atoms with Crippen molar-refractivity contribution < 1.29 is 9.47 Å². The minimum absolute atomic E-state index is 0.0961. The minimum Gasteiger partial charge on any atom is -0.491 e. The quantitative estimate of drug-likeness (QED) is 0.711. The first-order valence-electron chi connectivity index (χ1n) is 4.53. The summed E-state index contributed by atoms with van der Waals surface area (Å²) in [6.45, 7) is 0. The molecular formula is C10H13BrO2. The largest absolute Gasteiger partial charge is 0.491 e. The average molecular weight is 245 g/mol. The molecular weight excluding hydrogens is 232 g/mol. The first-order chi connectivity index (χ1) is 6.29. The fraction of sp³-hybridized carbons (Fsp3) is 0.600. The summed E-state index contributed by atoms with van der Waals surface area (Å²) >= 11 is 3.51. The fourth-order valence-electron chi connectivity index (χ4n) is 1.26. The highest BCUT2D eigenvalue weighted by atomic mass is 79.9. The van der Waals surface area contributed by atoms with E-state index >= 15 is 0 Å². The molecule has 0 radical (unpaired) electrons. The molecule has 2 atom stereocenters. The maximum atomic E-state index is 5.66. The topological polar surface area (TPSA) is 18.5 Å². The van der Waals surface area contributed by atoms with Crippen LogP contribution in [0.25, 0.3) is 0 Å². The van der Waals surface area contributed by atoms with Crippen LogP contribution in [0.2, 0.25) is 0 Å². The van der Waals surface area contributed by atoms with Crippen LogP contribution in [0, 0.1) is 0 Å². The molecule has 0 saturated heterocycles. The highest BCUT2D eigenvalue weighted by Crippen LogP contribution is 2.29. The highest BCUT2D eigenvalue weighted by Gasteiger charge is 2.26. The number of hydrogen-bond donors (Lipinski definition) is 0. The Labute approximate surface area is 86.7 Å². The van der Waals surface area contributed by atoms with Gasteiger partial charge in [0.25, 0.3) is 0 Å². The molecule has 2 unspecified atom stereocenters. The molecule has 0 amide bonds. The van der Waals surface area contributed by atoms with E-state index in [-0.39, 0.29) is 10.9 Å². The zero-order chi connectivity index (χ0) is 9.26. The van der Waals surface area contributed by atoms with Crippen LogP contribution in [0.3, 0.4) is 0 Å². The predicted molar refractivity (Wildman–Crippen MR) is 54.8 cm³/mol. The molecule has 2 aliphatic carbocycles. The highest BCUT2D eigenvalue weighted by molar-refractivity contribution is 9.09. The minimum atomic E-state index is 0.0961. The SMILES string of the molecule is COC1C=C(OC2CC2)C=CC1Br. The van der Waals surface area contributed by atoms with Gasteiger partial charge in [-0.3, -0.25) is 0 Å². The predicted octanol–water partition coefficient (Wildman–Crippen LogP) is 2.40. The number of methoxy groups -OCH3 is 1. The summed E-state index contributed by atoms with van der Waals surface area (Å²) in [6, 6.07) is 0. The molecule has 0 aromatic rings. The van der Waals surface area contributed by atoms with E-state index in [2.05, 4.69) is 22.0 Å². The van der Waals surface area contributed by atoms with E-state index in [1.165, 1.54) is 12.8 Å². The summed E-state index contributed by atoms with van der Waals surface area (Å²) in [5, 5.41) is 0. The van der Waals surface area contributed by atoms with Gasteiger partial charge in [0.1, 0.15) is 5.76 Å². The number of halogens is 1. The second kappa shape index (κ2) is 3.84. The van der Waals surface area contributed by atoms with E-state index in [0.717, 1.165) is 5.76 Å². The summed E-state index contributed by atoms with van der Waals surface area (Å²) in [5.41, 5.74) is 0. The maximum absolute atomic E-state index is 5.66. The van der Waals surface area contributed by atoms with Gasteiger partial charge in [0.2, 0.25) is 0 Å². The third-order valence-corrected chi connectivity index (χ3v) is 3.01. The van der Waals surface area contributed by atoms with Gasteiger partial charge in [0.05, 0.1) is 17.0 Å². The molecule has 2 nitrogen and oxygen atoms in total. The van der Waals surface area contributed by atoms with Crippen LogP contribution in [-0.2, 0) is 9.47 Å². The number of rotatable bonds is 3. The molecule has 1 fully saturated rings. The summed E-state index contributed by atoms with van der Waals surface area (Å²) in [5.74, 6) is 0.949. The first kappa shape index (κ1) is 9.28. The van der Waals surface area contributed by atoms with Crippen molar-refractivity contribution in [2.24, 2.45) is 0 Å².